The van der Waals surface area contributed by atoms with Crippen LogP contribution in [0.4, 0.5) is 0 Å². The highest BCUT2D eigenvalue weighted by molar-refractivity contribution is 5.78. The van der Waals surface area contributed by atoms with Crippen molar-refractivity contribution >= 4 is 5.91 Å². The number of rotatable bonds is 2. The summed E-state index contributed by atoms with van der Waals surface area (Å²) in [5.74, 6) is 0.281. The number of fused-ring (bicyclic) bond motifs is 1. The van der Waals surface area contributed by atoms with Gasteiger partial charge in [0.05, 0.1) is 0 Å². The van der Waals surface area contributed by atoms with Crippen LogP contribution in [-0.4, -0.2) is 10.8 Å². The molecular weight excluding hydrogens is 248 g/mol. The fourth-order valence-electron chi connectivity index (χ4n) is 2.63. The molecule has 1 aromatic rings. The first-order valence-corrected chi connectivity index (χ1v) is 7.36. The number of benzene rings is 1. The molecule has 3 nitrogen and oxygen atoms in total. The Balaban J connectivity index is 2.21. The van der Waals surface area contributed by atoms with Crippen molar-refractivity contribution in [3.05, 3.63) is 34.9 Å². The van der Waals surface area contributed by atoms with E-state index in [2.05, 4.69) is 39.0 Å². The lowest BCUT2D eigenvalue weighted by atomic mass is 9.82. The smallest absolute Gasteiger partial charge is 0.225 e. The SMILES string of the molecule is CC(C)C(=O)N1Cc2ccc(C(N)C(C)(C)C)cc2C1. The van der Waals surface area contributed by atoms with Crippen LogP contribution in [0.15, 0.2) is 18.2 Å². The molecule has 110 valence electrons. The van der Waals surface area contributed by atoms with Crippen molar-refractivity contribution in [2.24, 2.45) is 17.1 Å². The van der Waals surface area contributed by atoms with Gasteiger partial charge in [-0.3, -0.25) is 4.79 Å². The normalized spacial score (nSPS) is 16.4. The molecule has 0 aliphatic carbocycles. The van der Waals surface area contributed by atoms with Crippen LogP contribution in [0.3, 0.4) is 0 Å². The lowest BCUT2D eigenvalue weighted by molar-refractivity contribution is -0.135. The highest BCUT2D eigenvalue weighted by Gasteiger charge is 2.27. The van der Waals surface area contributed by atoms with Gasteiger partial charge < -0.3 is 10.6 Å². The summed E-state index contributed by atoms with van der Waals surface area (Å²) in [7, 11) is 0. The highest BCUT2D eigenvalue weighted by Crippen LogP contribution is 2.33. The number of hydrogen-bond acceptors (Lipinski definition) is 2. The van der Waals surface area contributed by atoms with Crippen LogP contribution in [0.2, 0.25) is 0 Å². The number of carbonyl (C=O) groups excluding carboxylic acids is 1. The molecule has 1 atom stereocenters. The van der Waals surface area contributed by atoms with Gasteiger partial charge in [0.15, 0.2) is 0 Å². The largest absolute Gasteiger partial charge is 0.334 e. The van der Waals surface area contributed by atoms with Crippen molar-refractivity contribution < 1.29 is 4.79 Å². The second-order valence-electron chi connectivity index (χ2n) is 7.22. The lowest BCUT2D eigenvalue weighted by Gasteiger charge is -2.27. The molecule has 1 amide bonds. The monoisotopic (exact) mass is 274 g/mol. The van der Waals surface area contributed by atoms with Crippen LogP contribution in [0.1, 0.15) is 57.4 Å². The molecule has 1 aromatic carbocycles. The van der Waals surface area contributed by atoms with Crippen molar-refractivity contribution in [1.29, 1.82) is 0 Å². The first-order chi connectivity index (χ1) is 9.20. The molecule has 3 heteroatoms. The van der Waals surface area contributed by atoms with Crippen LogP contribution >= 0.6 is 0 Å². The third-order valence-corrected chi connectivity index (χ3v) is 4.05. The summed E-state index contributed by atoms with van der Waals surface area (Å²) in [6, 6.07) is 6.43. The van der Waals surface area contributed by atoms with Gasteiger partial charge in [-0.1, -0.05) is 52.8 Å². The maximum absolute atomic E-state index is 12.1. The Kier molecular flexibility index (Phi) is 3.92. The molecular formula is C17H26N2O. The fourth-order valence-corrected chi connectivity index (χ4v) is 2.63. The number of nitrogens with two attached hydrogens (primary N) is 1. The van der Waals surface area contributed by atoms with E-state index in [-0.39, 0.29) is 23.3 Å². The molecule has 2 rings (SSSR count). The van der Waals surface area contributed by atoms with Gasteiger partial charge in [0.1, 0.15) is 0 Å². The summed E-state index contributed by atoms with van der Waals surface area (Å²) in [6.07, 6.45) is 0. The highest BCUT2D eigenvalue weighted by atomic mass is 16.2. The standard InChI is InChI=1S/C17H26N2O/c1-11(2)16(20)19-9-13-7-6-12(8-14(13)10-19)15(18)17(3,4)5/h6-8,11,15H,9-10,18H2,1-5H3. The Hall–Kier alpha value is -1.35. The van der Waals surface area contributed by atoms with Crippen LogP contribution in [0.5, 0.6) is 0 Å². The topological polar surface area (TPSA) is 46.3 Å². The Morgan fingerprint density at radius 3 is 2.35 bits per heavy atom. The maximum atomic E-state index is 12.1. The van der Waals surface area contributed by atoms with Crippen LogP contribution in [0, 0.1) is 11.3 Å². The molecule has 0 bridgehead atoms. The Labute approximate surface area is 122 Å². The zero-order chi connectivity index (χ0) is 15.1. The summed E-state index contributed by atoms with van der Waals surface area (Å²) in [5.41, 5.74) is 10.0. The minimum absolute atomic E-state index is 0.0163. The summed E-state index contributed by atoms with van der Waals surface area (Å²) >= 11 is 0. The molecule has 0 fully saturated rings. The minimum Gasteiger partial charge on any atom is -0.334 e. The van der Waals surface area contributed by atoms with Gasteiger partial charge in [-0.25, -0.2) is 0 Å². The van der Waals surface area contributed by atoms with E-state index in [1.165, 1.54) is 11.1 Å². The predicted octanol–water partition coefficient (Wildman–Crippen LogP) is 3.23. The van der Waals surface area contributed by atoms with E-state index in [0.717, 1.165) is 18.7 Å². The van der Waals surface area contributed by atoms with Gasteiger partial charge in [-0.05, 0) is 22.1 Å². The molecule has 0 spiro atoms. The first kappa shape index (κ1) is 15.0. The van der Waals surface area contributed by atoms with Crippen molar-refractivity contribution in [2.45, 2.75) is 53.8 Å². The Morgan fingerprint density at radius 1 is 1.20 bits per heavy atom. The van der Waals surface area contributed by atoms with Crippen LogP contribution < -0.4 is 5.73 Å². The minimum atomic E-state index is 0.0163. The maximum Gasteiger partial charge on any atom is 0.225 e. The summed E-state index contributed by atoms with van der Waals surface area (Å²) < 4.78 is 0. The van der Waals surface area contributed by atoms with E-state index in [9.17, 15) is 4.79 Å². The third kappa shape index (κ3) is 2.88. The van der Waals surface area contributed by atoms with E-state index in [4.69, 9.17) is 5.73 Å². The lowest BCUT2D eigenvalue weighted by Crippen LogP contribution is -2.29. The molecule has 1 heterocycles. The second-order valence-corrected chi connectivity index (χ2v) is 7.22. The van der Waals surface area contributed by atoms with E-state index >= 15 is 0 Å². The molecule has 1 aliphatic rings. The van der Waals surface area contributed by atoms with E-state index in [1.54, 1.807) is 0 Å². The number of carbonyl (C=O) groups is 1. The average molecular weight is 274 g/mol. The molecule has 20 heavy (non-hydrogen) atoms. The van der Waals surface area contributed by atoms with E-state index in [0.29, 0.717) is 0 Å². The van der Waals surface area contributed by atoms with E-state index < -0.39 is 0 Å². The van der Waals surface area contributed by atoms with Gasteiger partial charge in [-0.15, -0.1) is 0 Å². The first-order valence-electron chi connectivity index (χ1n) is 7.36. The number of nitrogens with zero attached hydrogens (tertiary/aromatic N) is 1. The average Bonchev–Trinajstić information content (AvgIpc) is 2.78. The van der Waals surface area contributed by atoms with Gasteiger partial charge >= 0.3 is 0 Å². The molecule has 0 saturated carbocycles. The molecule has 1 unspecified atom stereocenters. The zero-order valence-electron chi connectivity index (χ0n) is 13.2. The summed E-state index contributed by atoms with van der Waals surface area (Å²) in [5, 5.41) is 0. The van der Waals surface area contributed by atoms with E-state index in [1.807, 2.05) is 18.7 Å². The molecule has 1 aliphatic heterocycles. The zero-order valence-corrected chi connectivity index (χ0v) is 13.2. The van der Waals surface area contributed by atoms with Crippen molar-refractivity contribution in [3.63, 3.8) is 0 Å². The summed E-state index contributed by atoms with van der Waals surface area (Å²) in [4.78, 5) is 14.0. The third-order valence-electron chi connectivity index (χ3n) is 4.05. The van der Waals surface area contributed by atoms with Gasteiger partial charge in [0, 0.05) is 25.0 Å². The number of hydrogen-bond donors (Lipinski definition) is 1. The fraction of sp³-hybridized carbons (Fsp3) is 0.588. The van der Waals surface area contributed by atoms with Crippen molar-refractivity contribution in [3.8, 4) is 0 Å². The van der Waals surface area contributed by atoms with Crippen LogP contribution in [0.25, 0.3) is 0 Å². The Morgan fingerprint density at radius 2 is 1.80 bits per heavy atom. The van der Waals surface area contributed by atoms with Gasteiger partial charge in [0.25, 0.3) is 0 Å². The quantitative estimate of drug-likeness (QED) is 0.900. The van der Waals surface area contributed by atoms with Crippen molar-refractivity contribution in [2.75, 3.05) is 0 Å². The van der Waals surface area contributed by atoms with Crippen molar-refractivity contribution in [1.82, 2.24) is 4.90 Å². The molecule has 0 aromatic heterocycles. The van der Waals surface area contributed by atoms with Crippen LogP contribution in [-0.2, 0) is 17.9 Å². The van der Waals surface area contributed by atoms with Gasteiger partial charge in [-0.2, -0.15) is 0 Å². The summed E-state index contributed by atoms with van der Waals surface area (Å²) in [6.45, 7) is 11.8. The molecule has 0 radical (unpaired) electrons. The molecule has 2 N–H and O–H groups in total. The Bertz CT molecular complexity index is 514. The predicted molar refractivity (Wildman–Crippen MR) is 81.9 cm³/mol. The number of amides is 1. The van der Waals surface area contributed by atoms with Gasteiger partial charge in [0.2, 0.25) is 5.91 Å². The molecule has 0 saturated heterocycles. The second kappa shape index (κ2) is 5.21.